The van der Waals surface area contributed by atoms with E-state index < -0.39 is 0 Å². The number of hydrogen-bond donors (Lipinski definition) is 1. The number of rotatable bonds is 7. The van der Waals surface area contributed by atoms with Crippen molar-refractivity contribution in [2.45, 2.75) is 39.7 Å². The maximum Gasteiger partial charge on any atom is 0.128 e. The van der Waals surface area contributed by atoms with Crippen LogP contribution in [0, 0.1) is 5.82 Å². The van der Waals surface area contributed by atoms with E-state index in [2.05, 4.69) is 24.1 Å². The molecular weight excluding hydrogens is 307 g/mol. The van der Waals surface area contributed by atoms with Crippen LogP contribution in [-0.2, 0) is 19.4 Å². The molecule has 0 aliphatic heterocycles. The quantitative estimate of drug-likeness (QED) is 0.753. The van der Waals surface area contributed by atoms with Gasteiger partial charge in [-0.1, -0.05) is 31.5 Å². The zero-order chi connectivity index (χ0) is 15.2. The Balaban J connectivity index is 2.17. The first-order valence-electron chi connectivity index (χ1n) is 7.26. The molecule has 2 rings (SSSR count). The predicted octanol–water partition coefficient (Wildman–Crippen LogP) is 4.59. The highest BCUT2D eigenvalue weighted by atomic mass is 35.5. The van der Waals surface area contributed by atoms with Gasteiger partial charge in [-0.3, -0.25) is 0 Å². The Labute approximate surface area is 134 Å². The lowest BCUT2D eigenvalue weighted by Crippen LogP contribution is -2.13. The van der Waals surface area contributed by atoms with E-state index in [0.717, 1.165) is 36.6 Å². The topological polar surface area (TPSA) is 24.9 Å². The molecule has 0 atom stereocenters. The highest BCUT2D eigenvalue weighted by Gasteiger charge is 2.13. The smallest absolute Gasteiger partial charge is 0.128 e. The second-order valence-electron chi connectivity index (χ2n) is 4.88. The van der Waals surface area contributed by atoms with Gasteiger partial charge in [-0.2, -0.15) is 0 Å². The van der Waals surface area contributed by atoms with Gasteiger partial charge in [0.05, 0.1) is 10.7 Å². The lowest BCUT2D eigenvalue weighted by molar-refractivity contribution is 0.614. The number of thiazole rings is 1. The van der Waals surface area contributed by atoms with E-state index in [1.807, 2.05) is 0 Å². The van der Waals surface area contributed by atoms with E-state index in [-0.39, 0.29) is 5.82 Å². The molecule has 0 aliphatic carbocycles. The van der Waals surface area contributed by atoms with E-state index >= 15 is 0 Å². The molecule has 1 aromatic carbocycles. The number of halogens is 2. The Kier molecular flexibility index (Phi) is 6.15. The van der Waals surface area contributed by atoms with Crippen molar-refractivity contribution in [3.05, 3.63) is 50.2 Å². The monoisotopic (exact) mass is 326 g/mol. The van der Waals surface area contributed by atoms with Crippen molar-refractivity contribution < 1.29 is 4.39 Å². The van der Waals surface area contributed by atoms with Gasteiger partial charge in [0.25, 0.3) is 0 Å². The summed E-state index contributed by atoms with van der Waals surface area (Å²) in [6.07, 6.45) is 2.46. The third-order valence-corrected chi connectivity index (χ3v) is 4.71. The number of aromatic nitrogens is 1. The van der Waals surface area contributed by atoms with E-state index in [0.29, 0.717) is 17.0 Å². The number of hydrogen-bond acceptors (Lipinski definition) is 3. The van der Waals surface area contributed by atoms with Crippen molar-refractivity contribution in [3.63, 3.8) is 0 Å². The van der Waals surface area contributed by atoms with Gasteiger partial charge in [-0.05, 0) is 31.5 Å². The van der Waals surface area contributed by atoms with Crippen molar-refractivity contribution in [1.29, 1.82) is 0 Å². The maximum atomic E-state index is 13.9. The lowest BCUT2D eigenvalue weighted by atomic mass is 10.1. The Hall–Kier alpha value is -0.970. The Morgan fingerprint density at radius 1 is 1.33 bits per heavy atom. The van der Waals surface area contributed by atoms with E-state index in [4.69, 9.17) is 11.6 Å². The van der Waals surface area contributed by atoms with Gasteiger partial charge < -0.3 is 5.32 Å². The minimum Gasteiger partial charge on any atom is -0.312 e. The fourth-order valence-electron chi connectivity index (χ4n) is 2.16. The predicted molar refractivity (Wildman–Crippen MR) is 87.7 cm³/mol. The van der Waals surface area contributed by atoms with Crippen LogP contribution < -0.4 is 5.32 Å². The maximum absolute atomic E-state index is 13.9. The van der Waals surface area contributed by atoms with Crippen LogP contribution in [0.15, 0.2) is 18.2 Å². The minimum atomic E-state index is -0.263. The van der Waals surface area contributed by atoms with Gasteiger partial charge in [0.2, 0.25) is 0 Å². The van der Waals surface area contributed by atoms with Crippen LogP contribution in [-0.4, -0.2) is 11.5 Å². The van der Waals surface area contributed by atoms with E-state index in [1.165, 1.54) is 10.9 Å². The summed E-state index contributed by atoms with van der Waals surface area (Å²) in [5.74, 6) is -0.263. The lowest BCUT2D eigenvalue weighted by Gasteiger charge is -2.03. The van der Waals surface area contributed by atoms with Crippen LogP contribution in [0.25, 0.3) is 0 Å². The molecule has 5 heteroatoms. The van der Waals surface area contributed by atoms with Gasteiger partial charge in [-0.15, -0.1) is 11.3 Å². The molecule has 1 heterocycles. The first-order chi connectivity index (χ1) is 10.2. The molecule has 21 heavy (non-hydrogen) atoms. The van der Waals surface area contributed by atoms with Gasteiger partial charge in [0.15, 0.2) is 0 Å². The Morgan fingerprint density at radius 3 is 2.81 bits per heavy atom. The Morgan fingerprint density at radius 2 is 2.14 bits per heavy atom. The summed E-state index contributed by atoms with van der Waals surface area (Å²) in [6.45, 7) is 6.07. The molecule has 0 saturated carbocycles. The second-order valence-corrected chi connectivity index (χ2v) is 6.46. The molecule has 0 unspecified atom stereocenters. The fourth-order valence-corrected chi connectivity index (χ4v) is 3.53. The van der Waals surface area contributed by atoms with Crippen molar-refractivity contribution in [1.82, 2.24) is 10.3 Å². The van der Waals surface area contributed by atoms with Crippen molar-refractivity contribution in [2.24, 2.45) is 0 Å². The third kappa shape index (κ3) is 4.25. The van der Waals surface area contributed by atoms with E-state index in [9.17, 15) is 4.39 Å². The molecule has 2 aromatic rings. The molecule has 0 saturated heterocycles. The second kappa shape index (κ2) is 7.87. The SMILES string of the molecule is CCCNCc1sc(Cc2c(F)cccc2Cl)nc1CC. The zero-order valence-electron chi connectivity index (χ0n) is 12.4. The zero-order valence-corrected chi connectivity index (χ0v) is 14.0. The molecular formula is C16H20ClFN2S. The minimum absolute atomic E-state index is 0.263. The van der Waals surface area contributed by atoms with Crippen molar-refractivity contribution in [2.75, 3.05) is 6.54 Å². The first-order valence-corrected chi connectivity index (χ1v) is 8.46. The van der Waals surface area contributed by atoms with Crippen LogP contribution in [0.4, 0.5) is 4.39 Å². The molecule has 114 valence electrons. The first kappa shape index (κ1) is 16.4. The third-order valence-electron chi connectivity index (χ3n) is 3.26. The van der Waals surface area contributed by atoms with Crippen LogP contribution in [0.3, 0.4) is 0 Å². The number of aryl methyl sites for hydroxylation is 1. The number of benzene rings is 1. The molecule has 0 fully saturated rings. The van der Waals surface area contributed by atoms with Crippen LogP contribution >= 0.6 is 22.9 Å². The molecule has 0 amide bonds. The Bertz CT molecular complexity index is 578. The van der Waals surface area contributed by atoms with Gasteiger partial charge in [0.1, 0.15) is 5.82 Å². The van der Waals surface area contributed by atoms with Crippen LogP contribution in [0.5, 0.6) is 0 Å². The summed E-state index contributed by atoms with van der Waals surface area (Å²) in [5.41, 5.74) is 1.63. The number of nitrogens with one attached hydrogen (secondary N) is 1. The summed E-state index contributed by atoms with van der Waals surface area (Å²) >= 11 is 7.73. The van der Waals surface area contributed by atoms with E-state index in [1.54, 1.807) is 23.5 Å². The average Bonchev–Trinajstić information content (AvgIpc) is 2.85. The van der Waals surface area contributed by atoms with Crippen LogP contribution in [0.1, 0.15) is 41.4 Å². The van der Waals surface area contributed by atoms with Gasteiger partial charge in [0, 0.05) is 28.4 Å². The van der Waals surface area contributed by atoms with Crippen molar-refractivity contribution >= 4 is 22.9 Å². The summed E-state index contributed by atoms with van der Waals surface area (Å²) in [5, 5.41) is 4.79. The molecule has 1 N–H and O–H groups in total. The molecule has 0 bridgehead atoms. The molecule has 0 radical (unpaired) electrons. The molecule has 0 spiro atoms. The molecule has 1 aromatic heterocycles. The highest BCUT2D eigenvalue weighted by molar-refractivity contribution is 7.11. The summed E-state index contributed by atoms with van der Waals surface area (Å²) in [4.78, 5) is 5.88. The average molecular weight is 327 g/mol. The summed E-state index contributed by atoms with van der Waals surface area (Å²) < 4.78 is 13.9. The standard InChI is InChI=1S/C16H20ClFN2S/c1-3-8-19-10-15-14(4-2)20-16(21-15)9-11-12(17)6-5-7-13(11)18/h5-7,19H,3-4,8-10H2,1-2H3. The van der Waals surface area contributed by atoms with Gasteiger partial charge >= 0.3 is 0 Å². The van der Waals surface area contributed by atoms with Crippen molar-refractivity contribution in [3.8, 4) is 0 Å². The summed E-state index contributed by atoms with van der Waals surface area (Å²) in [6, 6.07) is 4.79. The largest absolute Gasteiger partial charge is 0.312 e. The van der Waals surface area contributed by atoms with Crippen LogP contribution in [0.2, 0.25) is 5.02 Å². The number of nitrogens with zero attached hydrogens (tertiary/aromatic N) is 1. The molecule has 2 nitrogen and oxygen atoms in total. The normalized spacial score (nSPS) is 11.0. The van der Waals surface area contributed by atoms with Gasteiger partial charge in [-0.25, -0.2) is 9.37 Å². The molecule has 0 aliphatic rings. The highest BCUT2D eigenvalue weighted by Crippen LogP contribution is 2.26. The summed E-state index contributed by atoms with van der Waals surface area (Å²) in [7, 11) is 0. The fraction of sp³-hybridized carbons (Fsp3) is 0.438.